The third kappa shape index (κ3) is 5.16. The topological polar surface area (TPSA) is 58.4 Å². The highest BCUT2D eigenvalue weighted by molar-refractivity contribution is 4.09. The van der Waals surface area contributed by atoms with Gasteiger partial charge in [-0.1, -0.05) is 5.53 Å². The van der Waals surface area contributed by atoms with E-state index in [4.69, 9.17) is 0 Å². The molecule has 7 heavy (non-hydrogen) atoms. The van der Waals surface area contributed by atoms with Crippen molar-refractivity contribution in [3.05, 3.63) is 10.1 Å². The van der Waals surface area contributed by atoms with Crippen LogP contribution >= 0.6 is 0 Å². The van der Waals surface area contributed by atoms with E-state index in [2.05, 4.69) is 0 Å². The van der Waals surface area contributed by atoms with Crippen LogP contribution in [-0.4, -0.2) is 24.1 Å². The highest BCUT2D eigenvalue weighted by atomic mass is 16.7. The molecule has 0 aromatic heterocycles. The van der Waals surface area contributed by atoms with Crippen molar-refractivity contribution < 1.29 is 5.03 Å². The minimum Gasteiger partial charge on any atom is -0.234 e. The molecule has 5 nitrogen and oxygen atoms in total. The molecule has 0 aromatic rings. The Hall–Kier alpha value is -0.840. The van der Waals surface area contributed by atoms with Crippen LogP contribution < -0.4 is 5.53 Å². The van der Waals surface area contributed by atoms with Gasteiger partial charge in [-0.3, -0.25) is 0 Å². The van der Waals surface area contributed by atoms with Crippen molar-refractivity contribution in [1.29, 1.82) is 0 Å². The summed E-state index contributed by atoms with van der Waals surface area (Å²) in [6.45, 7) is 0. The van der Waals surface area contributed by atoms with Crippen LogP contribution in [0.15, 0.2) is 0 Å². The average Bonchev–Trinajstić information content (AvgIpc) is 1.27. The van der Waals surface area contributed by atoms with Gasteiger partial charge in [-0.25, -0.2) is 10.1 Å². The Kier molecular flexibility index (Phi) is 2.07. The first-order valence-corrected chi connectivity index (χ1v) is 1.71. The van der Waals surface area contributed by atoms with Gasteiger partial charge in [0, 0.05) is 14.1 Å². The number of nitrogens with zero attached hydrogens (tertiary/aromatic N) is 2. The van der Waals surface area contributed by atoms with Gasteiger partial charge < -0.3 is 0 Å². The number of hydrogen-bond donors (Lipinski definition) is 1. The van der Waals surface area contributed by atoms with Crippen molar-refractivity contribution >= 4 is 0 Å². The molecule has 0 saturated carbocycles. The van der Waals surface area contributed by atoms with Gasteiger partial charge in [0.05, 0.1) is 0 Å². The van der Waals surface area contributed by atoms with Crippen molar-refractivity contribution in [2.75, 3.05) is 14.1 Å². The van der Waals surface area contributed by atoms with Crippen molar-refractivity contribution in [3.63, 3.8) is 0 Å². The lowest BCUT2D eigenvalue weighted by atomic mass is 11.2. The quantitative estimate of drug-likeness (QED) is 0.370. The van der Waals surface area contributed by atoms with E-state index in [9.17, 15) is 10.1 Å². The standard InChI is InChI=1S/C2H7N3O2/c1-4(2)3-5(6)7/h3H,1-2H3. The van der Waals surface area contributed by atoms with Crippen LogP contribution in [0, 0.1) is 10.1 Å². The van der Waals surface area contributed by atoms with Gasteiger partial charge in [0.25, 0.3) is 0 Å². The SMILES string of the molecule is CN(C)N[N+](=O)[O-]. The average molecular weight is 105 g/mol. The molecule has 0 saturated heterocycles. The summed E-state index contributed by atoms with van der Waals surface area (Å²) in [5, 5.41) is 10.1. The Morgan fingerprint density at radius 2 is 2.14 bits per heavy atom. The third-order valence-electron chi connectivity index (χ3n) is 0.282. The normalized spacial score (nSPS) is 9.00. The molecule has 0 bridgehead atoms. The second-order valence-corrected chi connectivity index (χ2v) is 1.25. The van der Waals surface area contributed by atoms with Crippen LogP contribution in [0.3, 0.4) is 0 Å². The molecule has 0 aliphatic rings. The van der Waals surface area contributed by atoms with Crippen LogP contribution in [0.4, 0.5) is 0 Å². The molecule has 0 aromatic carbocycles. The van der Waals surface area contributed by atoms with E-state index in [-0.39, 0.29) is 0 Å². The molecule has 0 spiro atoms. The monoisotopic (exact) mass is 105 g/mol. The van der Waals surface area contributed by atoms with Crippen molar-refractivity contribution in [2.45, 2.75) is 0 Å². The molecule has 1 N–H and O–H groups in total. The van der Waals surface area contributed by atoms with E-state index in [1.54, 1.807) is 14.1 Å². The first-order valence-electron chi connectivity index (χ1n) is 1.71. The van der Waals surface area contributed by atoms with Gasteiger partial charge in [0.15, 0.2) is 5.03 Å². The third-order valence-corrected chi connectivity index (χ3v) is 0.282. The lowest BCUT2D eigenvalue weighted by Gasteiger charge is -2.00. The van der Waals surface area contributed by atoms with E-state index in [1.807, 2.05) is 5.53 Å². The van der Waals surface area contributed by atoms with Crippen LogP contribution in [0.1, 0.15) is 0 Å². The zero-order valence-corrected chi connectivity index (χ0v) is 4.21. The molecule has 0 fully saturated rings. The smallest absolute Gasteiger partial charge is 0.173 e. The maximum Gasteiger partial charge on any atom is 0.173 e. The fraction of sp³-hybridized carbons (Fsp3) is 1.00. The Labute approximate surface area is 41.0 Å². The maximum atomic E-state index is 9.46. The zero-order chi connectivity index (χ0) is 5.86. The van der Waals surface area contributed by atoms with Crippen LogP contribution in [-0.2, 0) is 0 Å². The van der Waals surface area contributed by atoms with Gasteiger partial charge in [-0.2, -0.15) is 5.01 Å². The fourth-order valence-electron chi connectivity index (χ4n) is 0.163. The molecule has 0 atom stereocenters. The van der Waals surface area contributed by atoms with Crippen LogP contribution in [0.25, 0.3) is 0 Å². The fourth-order valence-corrected chi connectivity index (χ4v) is 0.163. The summed E-state index contributed by atoms with van der Waals surface area (Å²) in [7, 11) is 3.09. The molecule has 0 heterocycles. The van der Waals surface area contributed by atoms with E-state index >= 15 is 0 Å². The second-order valence-electron chi connectivity index (χ2n) is 1.25. The van der Waals surface area contributed by atoms with Crippen molar-refractivity contribution in [3.8, 4) is 0 Å². The highest BCUT2D eigenvalue weighted by Crippen LogP contribution is 1.59. The molecule has 0 aliphatic heterocycles. The highest BCUT2D eigenvalue weighted by Gasteiger charge is 1.90. The lowest BCUT2D eigenvalue weighted by Crippen LogP contribution is -2.35. The Morgan fingerprint density at radius 3 is 2.14 bits per heavy atom. The Balaban J connectivity index is 3.13. The number of nitrogens with one attached hydrogen (secondary N) is 1. The summed E-state index contributed by atoms with van der Waals surface area (Å²) in [5.41, 5.74) is 1.86. The molecule has 42 valence electrons. The molecule has 0 rings (SSSR count). The Bertz CT molecular complexity index is 71.3. The number of hydrazine groups is 2. The summed E-state index contributed by atoms with van der Waals surface area (Å²) < 4.78 is 0. The summed E-state index contributed by atoms with van der Waals surface area (Å²) in [6, 6.07) is 0. The van der Waals surface area contributed by atoms with Gasteiger partial charge >= 0.3 is 0 Å². The second kappa shape index (κ2) is 2.35. The Morgan fingerprint density at radius 1 is 1.71 bits per heavy atom. The van der Waals surface area contributed by atoms with Crippen molar-refractivity contribution in [2.24, 2.45) is 0 Å². The predicted molar refractivity (Wildman–Crippen MR) is 23.8 cm³/mol. The van der Waals surface area contributed by atoms with Gasteiger partial charge in [-0.05, 0) is 0 Å². The van der Waals surface area contributed by atoms with E-state index < -0.39 is 5.03 Å². The van der Waals surface area contributed by atoms with E-state index in [0.717, 1.165) is 0 Å². The number of rotatable bonds is 2. The van der Waals surface area contributed by atoms with Gasteiger partial charge in [0.1, 0.15) is 0 Å². The lowest BCUT2D eigenvalue weighted by molar-refractivity contribution is -0.575. The largest absolute Gasteiger partial charge is 0.234 e. The first-order chi connectivity index (χ1) is 3.13. The summed E-state index contributed by atoms with van der Waals surface area (Å²) in [6.07, 6.45) is 0. The van der Waals surface area contributed by atoms with Gasteiger partial charge in [-0.15, -0.1) is 0 Å². The minimum atomic E-state index is -0.625. The maximum absolute atomic E-state index is 9.46. The molecular weight excluding hydrogens is 98.0 g/mol. The van der Waals surface area contributed by atoms with Gasteiger partial charge in [0.2, 0.25) is 0 Å². The van der Waals surface area contributed by atoms with E-state index in [1.165, 1.54) is 5.01 Å². The minimum absolute atomic E-state index is 0.625. The summed E-state index contributed by atoms with van der Waals surface area (Å²) in [5.74, 6) is 0. The van der Waals surface area contributed by atoms with Crippen LogP contribution in [0.2, 0.25) is 0 Å². The molecule has 0 aliphatic carbocycles. The molecule has 0 radical (unpaired) electrons. The van der Waals surface area contributed by atoms with E-state index in [0.29, 0.717) is 0 Å². The number of nitro groups is 1. The van der Waals surface area contributed by atoms with Crippen molar-refractivity contribution in [1.82, 2.24) is 10.5 Å². The zero-order valence-electron chi connectivity index (χ0n) is 4.21. The first kappa shape index (κ1) is 6.16. The van der Waals surface area contributed by atoms with Crippen LogP contribution in [0.5, 0.6) is 0 Å². The molecule has 5 heteroatoms. The molecule has 0 amide bonds. The predicted octanol–water partition coefficient (Wildman–Crippen LogP) is -0.756. The summed E-state index contributed by atoms with van der Waals surface area (Å²) >= 11 is 0. The number of hydrogen-bond acceptors (Lipinski definition) is 3. The summed E-state index contributed by atoms with van der Waals surface area (Å²) in [4.78, 5) is 9.46. The molecule has 0 unspecified atom stereocenters. The molecular formula is C2H7N3O2.